The number of allylic oxidation sites excluding steroid dienone is 2. The monoisotopic (exact) mass is 373 g/mol. The molecule has 7 nitrogen and oxygen atoms in total. The minimum absolute atomic E-state index is 0.0112. The van der Waals surface area contributed by atoms with Crippen LogP contribution in [0.25, 0.3) is 0 Å². The Balaban J connectivity index is 2.97. The second-order valence-corrected chi connectivity index (χ2v) is 5.90. The second kappa shape index (κ2) is 11.7. The summed E-state index contributed by atoms with van der Waals surface area (Å²) in [6, 6.07) is 8.44. The molecule has 0 aliphatic carbocycles. The van der Waals surface area contributed by atoms with Crippen molar-refractivity contribution >= 4 is 24.8 Å². The van der Waals surface area contributed by atoms with E-state index in [2.05, 4.69) is 0 Å². The van der Waals surface area contributed by atoms with E-state index in [0.717, 1.165) is 5.56 Å². The molecule has 0 aliphatic rings. The maximum atomic E-state index is 11.5. The zero-order valence-corrected chi connectivity index (χ0v) is 15.0. The van der Waals surface area contributed by atoms with Crippen molar-refractivity contribution < 1.29 is 29.0 Å². The molecule has 7 heteroatoms. The van der Waals surface area contributed by atoms with Crippen LogP contribution in [-0.4, -0.2) is 49.2 Å². The van der Waals surface area contributed by atoms with Gasteiger partial charge in [-0.15, -0.1) is 0 Å². The van der Waals surface area contributed by atoms with E-state index in [1.54, 1.807) is 0 Å². The summed E-state index contributed by atoms with van der Waals surface area (Å²) in [7, 11) is 1.46. The van der Waals surface area contributed by atoms with Crippen molar-refractivity contribution in [1.29, 1.82) is 0 Å². The van der Waals surface area contributed by atoms with E-state index >= 15 is 0 Å². The molecule has 0 saturated carbocycles. The Kier molecular flexibility index (Phi) is 9.57. The summed E-state index contributed by atoms with van der Waals surface area (Å²) in [6.07, 6.45) is 4.05. The highest BCUT2D eigenvalue weighted by atomic mass is 16.5. The third-order valence-electron chi connectivity index (χ3n) is 4.04. The number of carbonyl (C=O) groups excluding carboxylic acids is 3. The Morgan fingerprint density at radius 1 is 1.19 bits per heavy atom. The number of hydrogen-bond donors (Lipinski definition) is 2. The average Bonchev–Trinajstić information content (AvgIpc) is 2.67. The van der Waals surface area contributed by atoms with Gasteiger partial charge in [0.05, 0.1) is 6.10 Å². The molecule has 0 radical (unpaired) electrons. The number of methoxy groups -OCH3 is 1. The highest BCUT2D eigenvalue weighted by molar-refractivity contribution is 5.87. The summed E-state index contributed by atoms with van der Waals surface area (Å²) in [5.41, 5.74) is 7.07. The standard InChI is InChI=1S/C20H23NO6/c1-27-19(10-14-5-3-2-4-6-14)16(12-23)9-15(11-22)7-8-18(21)17(13-24)20(25)26/h2-7,9,11-13,17-19H,8,10,21H2,1H3,(H,25,26). The highest BCUT2D eigenvalue weighted by Crippen LogP contribution is 2.15. The zero-order chi connectivity index (χ0) is 20.2. The SMILES string of the molecule is COC(Cc1ccccc1)C(C=O)=CC(C=O)=CCC(N)C(C=O)C(=O)O. The van der Waals surface area contributed by atoms with E-state index < -0.39 is 24.0 Å². The first-order valence-electron chi connectivity index (χ1n) is 8.29. The maximum Gasteiger partial charge on any atom is 0.315 e. The Hall–Kier alpha value is -2.90. The molecule has 27 heavy (non-hydrogen) atoms. The molecule has 0 amide bonds. The van der Waals surface area contributed by atoms with Gasteiger partial charge in [-0.05, 0) is 18.1 Å². The molecule has 0 fully saturated rings. The fourth-order valence-electron chi connectivity index (χ4n) is 2.46. The van der Waals surface area contributed by atoms with Crippen molar-refractivity contribution in [3.05, 3.63) is 59.2 Å². The number of carboxylic acid groups (broad SMARTS) is 1. The number of aliphatic carboxylic acids is 1. The van der Waals surface area contributed by atoms with Crippen LogP contribution in [0.5, 0.6) is 0 Å². The van der Waals surface area contributed by atoms with Gasteiger partial charge in [0.15, 0.2) is 0 Å². The molecule has 3 atom stereocenters. The molecule has 0 bridgehead atoms. The van der Waals surface area contributed by atoms with Gasteiger partial charge in [0.25, 0.3) is 0 Å². The van der Waals surface area contributed by atoms with E-state index in [4.69, 9.17) is 15.6 Å². The van der Waals surface area contributed by atoms with Crippen molar-refractivity contribution in [2.24, 2.45) is 11.7 Å². The molecule has 0 spiro atoms. The number of benzene rings is 1. The van der Waals surface area contributed by atoms with E-state index in [1.165, 1.54) is 19.3 Å². The molecule has 0 saturated heterocycles. The van der Waals surface area contributed by atoms with Gasteiger partial charge in [-0.25, -0.2) is 0 Å². The third kappa shape index (κ3) is 7.08. The van der Waals surface area contributed by atoms with Crippen LogP contribution < -0.4 is 5.73 Å². The average molecular weight is 373 g/mol. The lowest BCUT2D eigenvalue weighted by atomic mass is 9.97. The van der Waals surface area contributed by atoms with Crippen molar-refractivity contribution in [3.63, 3.8) is 0 Å². The Bertz CT molecular complexity index is 710. The van der Waals surface area contributed by atoms with Gasteiger partial charge in [-0.1, -0.05) is 36.4 Å². The summed E-state index contributed by atoms with van der Waals surface area (Å²) in [4.78, 5) is 44.5. The van der Waals surface area contributed by atoms with Crippen LogP contribution in [0.15, 0.2) is 53.6 Å². The summed E-state index contributed by atoms with van der Waals surface area (Å²) < 4.78 is 5.37. The van der Waals surface area contributed by atoms with Crippen LogP contribution in [-0.2, 0) is 30.3 Å². The van der Waals surface area contributed by atoms with Gasteiger partial charge in [-0.3, -0.25) is 14.4 Å². The molecular weight excluding hydrogens is 350 g/mol. The third-order valence-corrected chi connectivity index (χ3v) is 4.04. The summed E-state index contributed by atoms with van der Waals surface area (Å²) in [5, 5.41) is 8.92. The minimum atomic E-state index is -1.37. The number of carbonyl (C=O) groups is 4. The minimum Gasteiger partial charge on any atom is -0.481 e. The van der Waals surface area contributed by atoms with Crippen LogP contribution >= 0.6 is 0 Å². The molecule has 0 heterocycles. The highest BCUT2D eigenvalue weighted by Gasteiger charge is 2.23. The predicted molar refractivity (Wildman–Crippen MR) is 99.0 cm³/mol. The van der Waals surface area contributed by atoms with Crippen LogP contribution in [0, 0.1) is 5.92 Å². The first kappa shape index (κ1) is 22.1. The quantitative estimate of drug-likeness (QED) is 0.243. The number of hydrogen-bond acceptors (Lipinski definition) is 6. The molecule has 3 unspecified atom stereocenters. The van der Waals surface area contributed by atoms with Crippen LogP contribution in [0.3, 0.4) is 0 Å². The topological polar surface area (TPSA) is 124 Å². The Morgan fingerprint density at radius 3 is 2.33 bits per heavy atom. The lowest BCUT2D eigenvalue weighted by Crippen LogP contribution is -2.36. The first-order valence-corrected chi connectivity index (χ1v) is 8.29. The number of carboxylic acids is 1. The molecule has 0 aliphatic heterocycles. The van der Waals surface area contributed by atoms with E-state index in [0.29, 0.717) is 19.0 Å². The Morgan fingerprint density at radius 2 is 1.85 bits per heavy atom. The zero-order valence-electron chi connectivity index (χ0n) is 15.0. The van der Waals surface area contributed by atoms with Gasteiger partial charge in [-0.2, -0.15) is 0 Å². The normalized spacial score (nSPS) is 15.5. The number of nitrogens with two attached hydrogens (primary N) is 1. The fraction of sp³-hybridized carbons (Fsp3) is 0.300. The van der Waals surface area contributed by atoms with E-state index in [9.17, 15) is 19.2 Å². The van der Waals surface area contributed by atoms with Crippen molar-refractivity contribution in [2.45, 2.75) is 25.0 Å². The van der Waals surface area contributed by atoms with Gasteiger partial charge in [0.2, 0.25) is 0 Å². The first-order chi connectivity index (χ1) is 13.0. The van der Waals surface area contributed by atoms with Crippen LogP contribution in [0.2, 0.25) is 0 Å². The van der Waals surface area contributed by atoms with Gasteiger partial charge in [0, 0.05) is 30.7 Å². The molecule has 144 valence electrons. The number of rotatable bonds is 12. The predicted octanol–water partition coefficient (Wildman–Crippen LogP) is 1.11. The lowest BCUT2D eigenvalue weighted by Gasteiger charge is -2.16. The molecule has 0 aromatic heterocycles. The maximum absolute atomic E-state index is 11.5. The summed E-state index contributed by atoms with van der Waals surface area (Å²) >= 11 is 0. The molecule has 1 aromatic rings. The summed E-state index contributed by atoms with van der Waals surface area (Å²) in [5.74, 6) is -2.70. The van der Waals surface area contributed by atoms with Crippen LogP contribution in [0.4, 0.5) is 0 Å². The summed E-state index contributed by atoms with van der Waals surface area (Å²) in [6.45, 7) is 0. The number of aldehydes is 3. The van der Waals surface area contributed by atoms with Gasteiger partial charge < -0.3 is 20.4 Å². The largest absolute Gasteiger partial charge is 0.481 e. The van der Waals surface area contributed by atoms with Gasteiger partial charge in [0.1, 0.15) is 24.8 Å². The molecule has 3 N–H and O–H groups in total. The van der Waals surface area contributed by atoms with Crippen molar-refractivity contribution in [2.75, 3.05) is 7.11 Å². The van der Waals surface area contributed by atoms with Crippen molar-refractivity contribution in [3.8, 4) is 0 Å². The lowest BCUT2D eigenvalue weighted by molar-refractivity contribution is -0.144. The fourth-order valence-corrected chi connectivity index (χ4v) is 2.46. The molecule has 1 rings (SSSR count). The molecule has 1 aromatic carbocycles. The van der Waals surface area contributed by atoms with Crippen molar-refractivity contribution in [1.82, 2.24) is 0 Å². The van der Waals surface area contributed by atoms with E-state index in [-0.39, 0.29) is 23.9 Å². The van der Waals surface area contributed by atoms with Gasteiger partial charge >= 0.3 is 5.97 Å². The Labute approximate surface area is 157 Å². The van der Waals surface area contributed by atoms with E-state index in [1.807, 2.05) is 30.3 Å². The molecular formula is C20H23NO6. The van der Waals surface area contributed by atoms with Crippen LogP contribution in [0.1, 0.15) is 12.0 Å². The smallest absolute Gasteiger partial charge is 0.315 e. The number of ether oxygens (including phenoxy) is 1. The second-order valence-electron chi connectivity index (χ2n) is 5.90.